The van der Waals surface area contributed by atoms with E-state index in [2.05, 4.69) is 514 Å². The van der Waals surface area contributed by atoms with Crippen LogP contribution in [0.2, 0.25) is 0 Å². The lowest BCUT2D eigenvalue weighted by Gasteiger charge is -2.28. The van der Waals surface area contributed by atoms with Crippen molar-refractivity contribution in [3.63, 3.8) is 0 Å². The molecule has 0 unspecified atom stereocenters. The van der Waals surface area contributed by atoms with E-state index >= 15 is 0 Å². The molecule has 2 aliphatic rings. The number of rotatable bonds is 12. The molecule has 0 saturated heterocycles. The predicted octanol–water partition coefficient (Wildman–Crippen LogP) is 38.3. The van der Waals surface area contributed by atoms with Crippen LogP contribution in [0.3, 0.4) is 0 Å². The van der Waals surface area contributed by atoms with Crippen LogP contribution in [0.4, 0.5) is 68.2 Å². The molecule has 10 nitrogen and oxygen atoms in total. The lowest BCUT2D eigenvalue weighted by Crippen LogP contribution is -2.16. The zero-order valence-electron chi connectivity index (χ0n) is 81.3. The summed E-state index contributed by atoms with van der Waals surface area (Å²) < 4.78 is 23.6. The van der Waals surface area contributed by atoms with Crippen molar-refractivity contribution >= 4 is 265 Å². The second-order valence-electron chi connectivity index (χ2n) is 41.6. The van der Waals surface area contributed by atoms with Crippen LogP contribution in [-0.2, 0) is 10.8 Å². The monoisotopic (exact) mass is 1890 g/mol. The van der Waals surface area contributed by atoms with Gasteiger partial charge in [0.1, 0.15) is 11.2 Å². The molecule has 148 heavy (non-hydrogen) atoms. The Labute approximate surface area is 848 Å². The lowest BCUT2D eigenvalue weighted by molar-refractivity contribution is 0.660. The number of nitrogens with zero attached hydrogens (tertiary/aromatic N) is 8. The second-order valence-corrected chi connectivity index (χ2v) is 41.6. The molecule has 0 spiro atoms. The molecule has 0 N–H and O–H groups in total. The minimum absolute atomic E-state index is 0.123. The minimum atomic E-state index is -0.123. The molecule has 0 saturated carbocycles. The summed E-state index contributed by atoms with van der Waals surface area (Å²) in [6, 6.07) is 170. The number of fused-ring (bicyclic) bond motifs is 36. The van der Waals surface area contributed by atoms with Gasteiger partial charge in [0.25, 0.3) is 0 Å². The van der Waals surface area contributed by atoms with Gasteiger partial charge in [-0.2, -0.15) is 0 Å². The van der Waals surface area contributed by atoms with E-state index < -0.39 is 0 Å². The van der Waals surface area contributed by atoms with E-state index in [0.717, 1.165) is 112 Å². The SMILES string of the molecule is CC1(C)c2ccccc2-c2ccc(N(c3ccccc3)c3cccc4c3c3cccc5c6cc7c(cc6n4c53)c3cccc4c5c(N(c6ccccc6)c6ccc8c(c6)C(C)(C)c6ccccc6-8)cccc5n7c34)cc21.c1ccc(N(c2cccc3c2oc2ccccc23)c2cccc3c2c2cccc4c5cc6c(cc5n3c42)c2cccc3c4c(N(c5ccccc5)c5cccc7c5oc5ccccc57)cccc4n6c23)cc1. The smallest absolute Gasteiger partial charge is 0.159 e. The van der Waals surface area contributed by atoms with Gasteiger partial charge in [-0.3, -0.25) is 0 Å². The predicted molar refractivity (Wildman–Crippen MR) is 620 cm³/mol. The summed E-state index contributed by atoms with van der Waals surface area (Å²) in [6.07, 6.45) is 0. The Balaban J connectivity index is 0.000000129. The summed E-state index contributed by atoms with van der Waals surface area (Å²) in [5, 5.41) is 24.3. The Morgan fingerprint density at radius 2 is 0.419 bits per heavy atom. The molecule has 0 bridgehead atoms. The van der Waals surface area contributed by atoms with Crippen molar-refractivity contribution in [1.82, 2.24) is 17.6 Å². The first kappa shape index (κ1) is 81.4. The molecule has 10 aromatic heterocycles. The van der Waals surface area contributed by atoms with Crippen LogP contribution in [0.25, 0.3) is 219 Å². The highest BCUT2D eigenvalue weighted by Gasteiger charge is 2.40. The first-order valence-electron chi connectivity index (χ1n) is 51.4. The standard InChI is InChI=1S/C72H50N4.C66H38N4O2/c1-71(2)57-29-13-11-23-47(57)49-37-35-45(39-59(49)71)73(43-19-7-5-8-20-43)61-31-17-33-63-67(61)53-27-15-25-51-55-42-66-56(41-65(55)75(63)69(51)53)52-26-16-28-54-68-62(32-18-34-64(68)76(66)70(52)54)74(44-21-9-6-10-22-44)46-36-38-50-48-24-12-14-30-58(48)72(3,4)60(50)40-46;1-3-17-39(18-4-1)67(55-33-13-25-45-41-21-7-9-35-59(41)71-65(45)55)51-29-15-31-53-61(51)47-27-11-23-43-49-38-58-50(37-57(49)69(53)63(43)47)44-24-12-28-48-62-52(30-16-32-54(62)70(58)64(44)48)68(40-19-5-2-6-20-40)56-34-14-26-46-42-22-8-10-36-60(42)72-66(46)56/h5-42H,1-4H3;1-38H. The summed E-state index contributed by atoms with van der Waals surface area (Å²) in [6.45, 7) is 9.49. The molecule has 0 fully saturated rings. The molecule has 692 valence electrons. The highest BCUT2D eigenvalue weighted by Crippen LogP contribution is 2.59. The van der Waals surface area contributed by atoms with Crippen LogP contribution in [0.1, 0.15) is 49.9 Å². The topological polar surface area (TPSA) is 56.9 Å². The van der Waals surface area contributed by atoms with Crippen molar-refractivity contribution in [2.24, 2.45) is 0 Å². The molecule has 10 heterocycles. The Bertz CT molecular complexity index is 10600. The van der Waals surface area contributed by atoms with Crippen molar-refractivity contribution < 1.29 is 8.83 Å². The molecular formula is C138H88N8O2. The largest absolute Gasteiger partial charge is 0.454 e. The summed E-state index contributed by atoms with van der Waals surface area (Å²) in [4.78, 5) is 9.75. The molecule has 2 aliphatic carbocycles. The first-order chi connectivity index (χ1) is 73.0. The third-order valence-corrected chi connectivity index (χ3v) is 33.4. The normalized spacial score (nSPS) is 13.4. The van der Waals surface area contributed by atoms with E-state index in [4.69, 9.17) is 8.83 Å². The third kappa shape index (κ3) is 10.8. The number of furan rings is 2. The fourth-order valence-corrected chi connectivity index (χ4v) is 27.2. The maximum Gasteiger partial charge on any atom is 0.159 e. The quantitative estimate of drug-likeness (QED) is 0.121. The second kappa shape index (κ2) is 29.8. The van der Waals surface area contributed by atoms with Gasteiger partial charge in [0, 0.05) is 153 Å². The molecule has 22 aromatic carbocycles. The highest BCUT2D eigenvalue weighted by atomic mass is 16.3. The highest BCUT2D eigenvalue weighted by molar-refractivity contribution is 6.35. The molecular weight excluding hydrogens is 1800 g/mol. The maximum atomic E-state index is 6.73. The number of benzene rings is 22. The van der Waals surface area contributed by atoms with Gasteiger partial charge < -0.3 is 46.0 Å². The number of aromatic nitrogens is 4. The van der Waals surface area contributed by atoms with E-state index in [-0.39, 0.29) is 10.8 Å². The molecule has 10 heteroatoms. The Kier molecular flexibility index (Phi) is 16.4. The van der Waals surface area contributed by atoms with E-state index in [1.165, 1.54) is 197 Å². The zero-order chi connectivity index (χ0) is 97.1. The van der Waals surface area contributed by atoms with Crippen molar-refractivity contribution in [3.8, 4) is 22.3 Å². The molecule has 32 aromatic rings. The van der Waals surface area contributed by atoms with E-state index in [1.54, 1.807) is 0 Å². The van der Waals surface area contributed by atoms with Gasteiger partial charge in [-0.15, -0.1) is 0 Å². The van der Waals surface area contributed by atoms with Crippen molar-refractivity contribution in [1.29, 1.82) is 0 Å². The van der Waals surface area contributed by atoms with Gasteiger partial charge in [-0.25, -0.2) is 0 Å². The average molecular weight is 1890 g/mol. The summed E-state index contributed by atoms with van der Waals surface area (Å²) in [5.74, 6) is 0. The van der Waals surface area contributed by atoms with Crippen LogP contribution < -0.4 is 19.6 Å². The average Bonchev–Trinajstić information content (AvgIpc) is 1.51. The van der Waals surface area contributed by atoms with Crippen molar-refractivity contribution in [2.75, 3.05) is 19.6 Å². The Morgan fingerprint density at radius 1 is 0.169 bits per heavy atom. The van der Waals surface area contributed by atoms with Crippen LogP contribution >= 0.6 is 0 Å². The molecule has 34 rings (SSSR count). The number of para-hydroxylation sites is 12. The minimum Gasteiger partial charge on any atom is -0.454 e. The van der Waals surface area contributed by atoms with Crippen LogP contribution in [0.15, 0.2) is 470 Å². The van der Waals surface area contributed by atoms with Crippen LogP contribution in [-0.4, -0.2) is 17.6 Å². The third-order valence-electron chi connectivity index (χ3n) is 33.4. The van der Waals surface area contributed by atoms with Gasteiger partial charge in [0.2, 0.25) is 0 Å². The Hall–Kier alpha value is -19.2. The number of hydrogen-bond acceptors (Lipinski definition) is 6. The van der Waals surface area contributed by atoms with Crippen molar-refractivity contribution in [2.45, 2.75) is 38.5 Å². The van der Waals surface area contributed by atoms with Gasteiger partial charge in [-0.05, 0) is 214 Å². The molecule has 0 radical (unpaired) electrons. The fourth-order valence-electron chi connectivity index (χ4n) is 27.2. The summed E-state index contributed by atoms with van der Waals surface area (Å²) in [5.41, 5.74) is 41.9. The van der Waals surface area contributed by atoms with Gasteiger partial charge in [-0.1, -0.05) is 319 Å². The summed E-state index contributed by atoms with van der Waals surface area (Å²) >= 11 is 0. The number of hydrogen-bond donors (Lipinski definition) is 0. The van der Waals surface area contributed by atoms with Crippen LogP contribution in [0.5, 0.6) is 0 Å². The van der Waals surface area contributed by atoms with Crippen molar-refractivity contribution in [3.05, 3.63) is 483 Å². The van der Waals surface area contributed by atoms with Gasteiger partial charge in [0.15, 0.2) is 11.2 Å². The fraction of sp³-hybridized carbons (Fsp3) is 0.0435. The van der Waals surface area contributed by atoms with E-state index in [1.807, 2.05) is 12.1 Å². The maximum absolute atomic E-state index is 6.73. The van der Waals surface area contributed by atoms with Gasteiger partial charge in [0.05, 0.1) is 100 Å². The summed E-state index contributed by atoms with van der Waals surface area (Å²) in [7, 11) is 0. The first-order valence-corrected chi connectivity index (χ1v) is 51.4. The zero-order valence-corrected chi connectivity index (χ0v) is 81.3. The Morgan fingerprint density at radius 3 is 0.757 bits per heavy atom. The van der Waals surface area contributed by atoms with E-state index in [9.17, 15) is 0 Å². The molecule has 0 amide bonds. The molecule has 0 aliphatic heterocycles. The lowest BCUT2D eigenvalue weighted by atomic mass is 9.82. The van der Waals surface area contributed by atoms with E-state index in [0.29, 0.717) is 0 Å². The number of anilines is 12. The van der Waals surface area contributed by atoms with Crippen LogP contribution in [0, 0.1) is 0 Å². The molecule has 0 atom stereocenters. The van der Waals surface area contributed by atoms with Gasteiger partial charge >= 0.3 is 0 Å².